The summed E-state index contributed by atoms with van der Waals surface area (Å²) in [5.41, 5.74) is 3.16. The summed E-state index contributed by atoms with van der Waals surface area (Å²) in [6.07, 6.45) is 3.37. The lowest BCUT2D eigenvalue weighted by molar-refractivity contribution is 0.612. The topological polar surface area (TPSA) is 24.9 Å². The molecule has 0 saturated carbocycles. The van der Waals surface area contributed by atoms with Crippen LogP contribution in [0.4, 0.5) is 10.2 Å². The van der Waals surface area contributed by atoms with E-state index in [0.717, 1.165) is 23.1 Å². The van der Waals surface area contributed by atoms with Gasteiger partial charge in [0.15, 0.2) is 0 Å². The fourth-order valence-corrected chi connectivity index (χ4v) is 2.79. The molecule has 3 rings (SSSR count). The molecule has 1 aromatic heterocycles. The zero-order valence-corrected chi connectivity index (χ0v) is 12.0. The Morgan fingerprint density at radius 2 is 2.11 bits per heavy atom. The molecule has 0 unspecified atom stereocenters. The first-order chi connectivity index (χ1) is 9.22. The number of aromatic nitrogens is 1. The maximum Gasteiger partial charge on any atom is 0.128 e. The van der Waals surface area contributed by atoms with Crippen LogP contribution in [0.15, 0.2) is 34.8 Å². The molecule has 98 valence electrons. The van der Waals surface area contributed by atoms with Crippen molar-refractivity contribution >= 4 is 21.7 Å². The summed E-state index contributed by atoms with van der Waals surface area (Å²) in [5, 5.41) is 3.19. The minimum absolute atomic E-state index is 0.197. The minimum atomic E-state index is -0.197. The number of hydrogen-bond acceptors (Lipinski definition) is 2. The van der Waals surface area contributed by atoms with Gasteiger partial charge in [-0.05, 0) is 49.1 Å². The Morgan fingerprint density at radius 1 is 1.21 bits per heavy atom. The van der Waals surface area contributed by atoms with E-state index in [1.807, 2.05) is 6.07 Å². The smallest absolute Gasteiger partial charge is 0.128 e. The monoisotopic (exact) mass is 320 g/mol. The third-order valence-corrected chi connectivity index (χ3v) is 3.89. The molecule has 0 fully saturated rings. The van der Waals surface area contributed by atoms with Gasteiger partial charge in [0.05, 0.1) is 0 Å². The summed E-state index contributed by atoms with van der Waals surface area (Å²) < 4.78 is 14.5. The molecular weight excluding hydrogens is 307 g/mol. The first-order valence-electron chi connectivity index (χ1n) is 6.39. The number of aryl methyl sites for hydroxylation is 2. The van der Waals surface area contributed by atoms with Crippen LogP contribution in [0.1, 0.15) is 23.2 Å². The number of halogens is 2. The molecule has 0 spiro atoms. The zero-order valence-electron chi connectivity index (χ0n) is 10.4. The van der Waals surface area contributed by atoms with Gasteiger partial charge in [-0.2, -0.15) is 0 Å². The van der Waals surface area contributed by atoms with Crippen molar-refractivity contribution in [2.75, 3.05) is 5.32 Å². The summed E-state index contributed by atoms with van der Waals surface area (Å²) in [7, 11) is 0. The Morgan fingerprint density at radius 3 is 3.00 bits per heavy atom. The SMILES string of the molecule is Fc1ccc(Br)cc1CNc1ccc2c(n1)CCC2. The molecule has 0 aliphatic heterocycles. The van der Waals surface area contributed by atoms with Crippen LogP contribution in [0.3, 0.4) is 0 Å². The molecule has 0 amide bonds. The normalized spacial score (nSPS) is 13.4. The van der Waals surface area contributed by atoms with Crippen LogP contribution < -0.4 is 5.32 Å². The van der Waals surface area contributed by atoms with E-state index < -0.39 is 0 Å². The van der Waals surface area contributed by atoms with Crippen LogP contribution in [0.25, 0.3) is 0 Å². The van der Waals surface area contributed by atoms with Crippen LogP contribution in [-0.2, 0) is 19.4 Å². The standard InChI is InChI=1S/C15H14BrFN2/c16-12-5-6-13(17)11(8-12)9-18-15-7-4-10-2-1-3-14(10)19-15/h4-8H,1-3,9H2,(H,18,19). The Hall–Kier alpha value is -1.42. The van der Waals surface area contributed by atoms with Crippen molar-refractivity contribution in [3.05, 3.63) is 57.4 Å². The number of benzene rings is 1. The highest BCUT2D eigenvalue weighted by atomic mass is 79.9. The van der Waals surface area contributed by atoms with E-state index in [-0.39, 0.29) is 5.82 Å². The number of anilines is 1. The molecule has 0 atom stereocenters. The van der Waals surface area contributed by atoms with Gasteiger partial charge in [-0.15, -0.1) is 0 Å². The molecule has 1 aromatic carbocycles. The van der Waals surface area contributed by atoms with Gasteiger partial charge in [0.1, 0.15) is 11.6 Å². The maximum absolute atomic E-state index is 13.6. The van der Waals surface area contributed by atoms with Crippen LogP contribution in [0, 0.1) is 5.82 Å². The van der Waals surface area contributed by atoms with Gasteiger partial charge in [-0.3, -0.25) is 0 Å². The largest absolute Gasteiger partial charge is 0.366 e. The maximum atomic E-state index is 13.6. The first-order valence-corrected chi connectivity index (χ1v) is 7.18. The molecular formula is C15H14BrFN2. The molecule has 2 aromatic rings. The fourth-order valence-electron chi connectivity index (χ4n) is 2.38. The highest BCUT2D eigenvalue weighted by molar-refractivity contribution is 9.10. The molecule has 0 saturated heterocycles. The molecule has 0 radical (unpaired) electrons. The van der Waals surface area contributed by atoms with Crippen LogP contribution in [0.2, 0.25) is 0 Å². The number of hydrogen-bond donors (Lipinski definition) is 1. The fraction of sp³-hybridized carbons (Fsp3) is 0.267. The predicted molar refractivity (Wildman–Crippen MR) is 77.7 cm³/mol. The van der Waals surface area contributed by atoms with Crippen molar-refractivity contribution in [3.63, 3.8) is 0 Å². The number of pyridine rings is 1. The number of nitrogens with zero attached hydrogens (tertiary/aromatic N) is 1. The Bertz CT molecular complexity index is 613. The molecule has 2 nitrogen and oxygen atoms in total. The van der Waals surface area contributed by atoms with E-state index >= 15 is 0 Å². The molecule has 0 bridgehead atoms. The Kier molecular flexibility index (Phi) is 3.51. The molecule has 1 N–H and O–H groups in total. The van der Waals surface area contributed by atoms with E-state index in [1.54, 1.807) is 12.1 Å². The lowest BCUT2D eigenvalue weighted by atomic mass is 10.2. The van der Waals surface area contributed by atoms with Gasteiger partial charge in [0.25, 0.3) is 0 Å². The quantitative estimate of drug-likeness (QED) is 0.921. The van der Waals surface area contributed by atoms with Crippen molar-refractivity contribution in [1.29, 1.82) is 0 Å². The van der Waals surface area contributed by atoms with Gasteiger partial charge in [-0.25, -0.2) is 9.37 Å². The summed E-state index contributed by atoms with van der Waals surface area (Å²) in [6, 6.07) is 9.05. The molecule has 4 heteroatoms. The van der Waals surface area contributed by atoms with Gasteiger partial charge >= 0.3 is 0 Å². The minimum Gasteiger partial charge on any atom is -0.366 e. The Balaban J connectivity index is 1.74. The summed E-state index contributed by atoms with van der Waals surface area (Å²) in [4.78, 5) is 4.58. The van der Waals surface area contributed by atoms with E-state index in [2.05, 4.69) is 32.3 Å². The Labute approximate surface area is 120 Å². The summed E-state index contributed by atoms with van der Waals surface area (Å²) in [6.45, 7) is 0.442. The lowest BCUT2D eigenvalue weighted by Crippen LogP contribution is -2.04. The molecule has 1 aliphatic rings. The molecule has 19 heavy (non-hydrogen) atoms. The highest BCUT2D eigenvalue weighted by Gasteiger charge is 2.12. The predicted octanol–water partition coefficient (Wildman–Crippen LogP) is 4.08. The van der Waals surface area contributed by atoms with E-state index in [1.165, 1.54) is 23.7 Å². The number of nitrogens with one attached hydrogen (secondary N) is 1. The zero-order chi connectivity index (χ0) is 13.2. The molecule has 1 aliphatic carbocycles. The molecule has 1 heterocycles. The average Bonchev–Trinajstić information content (AvgIpc) is 2.87. The first kappa shape index (κ1) is 12.6. The van der Waals surface area contributed by atoms with Crippen molar-refractivity contribution < 1.29 is 4.39 Å². The van der Waals surface area contributed by atoms with E-state index in [4.69, 9.17) is 0 Å². The van der Waals surface area contributed by atoms with Gasteiger partial charge in [-0.1, -0.05) is 22.0 Å². The van der Waals surface area contributed by atoms with Crippen LogP contribution in [-0.4, -0.2) is 4.98 Å². The van der Waals surface area contributed by atoms with Gasteiger partial charge < -0.3 is 5.32 Å². The van der Waals surface area contributed by atoms with Crippen molar-refractivity contribution in [2.24, 2.45) is 0 Å². The van der Waals surface area contributed by atoms with Gasteiger partial charge in [0.2, 0.25) is 0 Å². The average molecular weight is 321 g/mol. The van der Waals surface area contributed by atoms with E-state index in [0.29, 0.717) is 12.1 Å². The third-order valence-electron chi connectivity index (χ3n) is 3.40. The van der Waals surface area contributed by atoms with Crippen LogP contribution >= 0.6 is 15.9 Å². The summed E-state index contributed by atoms with van der Waals surface area (Å²) >= 11 is 3.35. The number of rotatable bonds is 3. The van der Waals surface area contributed by atoms with Gasteiger partial charge in [0, 0.05) is 22.3 Å². The van der Waals surface area contributed by atoms with E-state index in [9.17, 15) is 4.39 Å². The lowest BCUT2D eigenvalue weighted by Gasteiger charge is -2.08. The van der Waals surface area contributed by atoms with Crippen LogP contribution in [0.5, 0.6) is 0 Å². The second kappa shape index (κ2) is 5.29. The number of fused-ring (bicyclic) bond motifs is 1. The third kappa shape index (κ3) is 2.78. The second-order valence-electron chi connectivity index (χ2n) is 4.75. The van der Waals surface area contributed by atoms with Crippen molar-refractivity contribution in [1.82, 2.24) is 4.98 Å². The second-order valence-corrected chi connectivity index (χ2v) is 5.66. The summed E-state index contributed by atoms with van der Waals surface area (Å²) in [5.74, 6) is 0.622. The van der Waals surface area contributed by atoms with Crippen molar-refractivity contribution in [3.8, 4) is 0 Å². The highest BCUT2D eigenvalue weighted by Crippen LogP contribution is 2.22. The van der Waals surface area contributed by atoms with Crippen molar-refractivity contribution in [2.45, 2.75) is 25.8 Å².